The average molecular weight is 637 g/mol. The number of nitrogens with zero attached hydrogens (tertiary/aromatic N) is 3. The molecule has 2 heterocycles. The molecule has 0 spiro atoms. The molecule has 4 amide bonds. The molecule has 9 nitrogen and oxygen atoms in total. The van der Waals surface area contributed by atoms with E-state index in [9.17, 15) is 18.8 Å². The van der Waals surface area contributed by atoms with Gasteiger partial charge in [0.05, 0.1) is 5.69 Å². The van der Waals surface area contributed by atoms with E-state index in [1.165, 1.54) is 12.1 Å². The van der Waals surface area contributed by atoms with Gasteiger partial charge in [-0.25, -0.2) is 14.1 Å². The molecule has 2 aromatic carbocycles. The number of rotatable bonds is 9. The highest BCUT2D eigenvalue weighted by atomic mass is 127. The minimum absolute atomic E-state index is 0.00659. The van der Waals surface area contributed by atoms with Gasteiger partial charge < -0.3 is 20.3 Å². The van der Waals surface area contributed by atoms with Crippen molar-refractivity contribution in [3.63, 3.8) is 0 Å². The van der Waals surface area contributed by atoms with Crippen LogP contribution in [-0.4, -0.2) is 85.0 Å². The van der Waals surface area contributed by atoms with Gasteiger partial charge in [0.25, 0.3) is 5.91 Å². The van der Waals surface area contributed by atoms with E-state index in [2.05, 4.69) is 27.5 Å². The van der Waals surface area contributed by atoms with Gasteiger partial charge in [-0.3, -0.25) is 14.5 Å². The van der Waals surface area contributed by atoms with E-state index in [4.69, 9.17) is 4.74 Å². The Hall–Kier alpha value is -2.77. The molecule has 11 heteroatoms. The first-order valence-electron chi connectivity index (χ1n) is 12.7. The lowest BCUT2D eigenvalue weighted by Gasteiger charge is -2.32. The van der Waals surface area contributed by atoms with Crippen LogP contribution < -0.4 is 15.4 Å². The number of benzene rings is 2. The van der Waals surface area contributed by atoms with E-state index < -0.39 is 41.7 Å². The molecule has 2 fully saturated rings. The monoisotopic (exact) mass is 637 g/mol. The largest absolute Gasteiger partial charge is 0.492 e. The van der Waals surface area contributed by atoms with Crippen molar-refractivity contribution in [2.45, 2.75) is 25.9 Å². The maximum atomic E-state index is 14.3. The van der Waals surface area contributed by atoms with Gasteiger partial charge in [-0.05, 0) is 71.5 Å². The summed E-state index contributed by atoms with van der Waals surface area (Å²) in [5, 5.41) is 5.21. The molecule has 2 saturated heterocycles. The second-order valence-electron chi connectivity index (χ2n) is 9.96. The van der Waals surface area contributed by atoms with Gasteiger partial charge in [0.1, 0.15) is 30.3 Å². The maximum Gasteiger partial charge on any atom is 0.325 e. The topological polar surface area (TPSA) is 94.2 Å². The maximum absolute atomic E-state index is 14.3. The van der Waals surface area contributed by atoms with Crippen LogP contribution in [0.2, 0.25) is 0 Å². The zero-order valence-corrected chi connectivity index (χ0v) is 23.9. The summed E-state index contributed by atoms with van der Waals surface area (Å²) in [7, 11) is 2.12. The molecule has 2 atom stereocenters. The van der Waals surface area contributed by atoms with E-state index in [0.717, 1.165) is 37.6 Å². The summed E-state index contributed by atoms with van der Waals surface area (Å²) in [5.41, 5.74) is 0.580. The van der Waals surface area contributed by atoms with Crippen molar-refractivity contribution < 1.29 is 23.5 Å². The SMILES string of the molecule is CC(C)[C@@H](C(=O)Nc1ccc(I)cc1F)N1C(=O)NC(c2ccc(OCCN3CCN(C)CC3)cc2)C1=O. The fourth-order valence-corrected chi connectivity index (χ4v) is 5.07. The van der Waals surface area contributed by atoms with Crippen molar-refractivity contribution in [1.82, 2.24) is 20.0 Å². The Morgan fingerprint density at radius 3 is 2.45 bits per heavy atom. The summed E-state index contributed by atoms with van der Waals surface area (Å²) < 4.78 is 20.9. The molecule has 4 rings (SSSR count). The third-order valence-electron chi connectivity index (χ3n) is 6.82. The van der Waals surface area contributed by atoms with Crippen LogP contribution in [0.25, 0.3) is 0 Å². The fraction of sp³-hybridized carbons (Fsp3) is 0.444. The lowest BCUT2D eigenvalue weighted by molar-refractivity contribution is -0.135. The Labute approximate surface area is 235 Å². The van der Waals surface area contributed by atoms with Crippen molar-refractivity contribution in [3.8, 4) is 5.75 Å². The summed E-state index contributed by atoms with van der Waals surface area (Å²) in [5.74, 6) is -1.47. The first kappa shape index (κ1) is 28.2. The van der Waals surface area contributed by atoms with E-state index in [-0.39, 0.29) is 5.69 Å². The number of carbonyl (C=O) groups is 3. The van der Waals surface area contributed by atoms with Gasteiger partial charge in [0.2, 0.25) is 5.91 Å². The Balaban J connectivity index is 1.39. The molecule has 0 aliphatic carbocycles. The molecule has 38 heavy (non-hydrogen) atoms. The molecule has 2 aliphatic rings. The lowest BCUT2D eigenvalue weighted by atomic mass is 10.0. The number of amides is 4. The number of hydrogen-bond acceptors (Lipinski definition) is 6. The summed E-state index contributed by atoms with van der Waals surface area (Å²) in [6.07, 6.45) is 0. The van der Waals surface area contributed by atoms with E-state index in [0.29, 0.717) is 21.5 Å². The van der Waals surface area contributed by atoms with Crippen LogP contribution in [0.4, 0.5) is 14.9 Å². The molecule has 2 aliphatic heterocycles. The number of halogens is 2. The quantitative estimate of drug-likeness (QED) is 0.324. The number of ether oxygens (including phenoxy) is 1. The van der Waals surface area contributed by atoms with Crippen molar-refractivity contribution in [1.29, 1.82) is 0 Å². The highest BCUT2D eigenvalue weighted by Gasteiger charge is 2.46. The number of nitrogens with one attached hydrogen (secondary N) is 2. The third kappa shape index (κ3) is 6.62. The van der Waals surface area contributed by atoms with Gasteiger partial charge in [-0.15, -0.1) is 0 Å². The Morgan fingerprint density at radius 2 is 1.82 bits per heavy atom. The number of imide groups is 1. The van der Waals surface area contributed by atoms with Crippen molar-refractivity contribution in [2.24, 2.45) is 5.92 Å². The molecule has 2 N–H and O–H groups in total. The third-order valence-corrected chi connectivity index (χ3v) is 7.49. The molecule has 0 saturated carbocycles. The smallest absolute Gasteiger partial charge is 0.325 e. The van der Waals surface area contributed by atoms with Crippen molar-refractivity contribution in [3.05, 3.63) is 57.4 Å². The predicted octanol–water partition coefficient (Wildman–Crippen LogP) is 3.31. The van der Waals surface area contributed by atoms with Crippen LogP contribution in [0.5, 0.6) is 5.75 Å². The molecule has 1 unspecified atom stereocenters. The molecule has 0 radical (unpaired) electrons. The standard InChI is InChI=1S/C27H33FIN5O4/c1-17(2)24(25(35)30-22-9-6-19(29)16-21(22)28)34-26(36)23(31-27(34)37)18-4-7-20(8-5-18)38-15-14-33-12-10-32(3)11-13-33/h4-9,16-17,23-24H,10-15H2,1-3H3,(H,30,35)(H,31,37)/t23?,24-/m0/s1. The van der Waals surface area contributed by atoms with Gasteiger partial charge >= 0.3 is 6.03 Å². The number of anilines is 1. The van der Waals surface area contributed by atoms with Crippen LogP contribution in [0.1, 0.15) is 25.5 Å². The van der Waals surface area contributed by atoms with Gasteiger partial charge in [0.15, 0.2) is 0 Å². The second kappa shape index (κ2) is 12.4. The number of urea groups is 1. The molecule has 2 aromatic rings. The minimum Gasteiger partial charge on any atom is -0.492 e. The van der Waals surface area contributed by atoms with Gasteiger partial charge in [0, 0.05) is 36.3 Å². The normalized spacial score (nSPS) is 19.5. The fourth-order valence-electron chi connectivity index (χ4n) is 4.62. The summed E-state index contributed by atoms with van der Waals surface area (Å²) >= 11 is 1.97. The Bertz CT molecular complexity index is 1170. The van der Waals surface area contributed by atoms with Gasteiger partial charge in [-0.1, -0.05) is 26.0 Å². The van der Waals surface area contributed by atoms with Crippen LogP contribution >= 0.6 is 22.6 Å². The number of likely N-dealkylation sites (N-methyl/N-ethyl adjacent to an activating group) is 1. The number of carbonyl (C=O) groups excluding carboxylic acids is 3. The predicted molar refractivity (Wildman–Crippen MR) is 150 cm³/mol. The minimum atomic E-state index is -1.11. The highest BCUT2D eigenvalue weighted by molar-refractivity contribution is 14.1. The molecule has 0 bridgehead atoms. The highest BCUT2D eigenvalue weighted by Crippen LogP contribution is 2.28. The number of piperazine rings is 1. The summed E-state index contributed by atoms with van der Waals surface area (Å²) in [4.78, 5) is 44.9. The molecular formula is C27H33FIN5O4. The van der Waals surface area contributed by atoms with Crippen LogP contribution in [0, 0.1) is 15.3 Å². The molecular weight excluding hydrogens is 604 g/mol. The molecule has 204 valence electrons. The first-order chi connectivity index (χ1) is 18.1. The van der Waals surface area contributed by atoms with Crippen molar-refractivity contribution in [2.75, 3.05) is 51.7 Å². The van der Waals surface area contributed by atoms with Crippen LogP contribution in [0.15, 0.2) is 42.5 Å². The summed E-state index contributed by atoms with van der Waals surface area (Å²) in [6, 6.07) is 8.74. The van der Waals surface area contributed by atoms with E-state index in [1.807, 2.05) is 22.6 Å². The lowest BCUT2D eigenvalue weighted by Crippen LogP contribution is -2.50. The van der Waals surface area contributed by atoms with Crippen LogP contribution in [0.3, 0.4) is 0 Å². The summed E-state index contributed by atoms with van der Waals surface area (Å²) in [6.45, 7) is 9.01. The average Bonchev–Trinajstić information content (AvgIpc) is 3.16. The zero-order chi connectivity index (χ0) is 27.4. The molecule has 0 aromatic heterocycles. The Kier molecular flexibility index (Phi) is 9.21. The van der Waals surface area contributed by atoms with Crippen molar-refractivity contribution >= 4 is 46.1 Å². The van der Waals surface area contributed by atoms with Crippen LogP contribution in [-0.2, 0) is 9.59 Å². The zero-order valence-electron chi connectivity index (χ0n) is 21.7. The van der Waals surface area contributed by atoms with E-state index >= 15 is 0 Å². The first-order valence-corrected chi connectivity index (χ1v) is 13.7. The number of hydrogen-bond donors (Lipinski definition) is 2. The Morgan fingerprint density at radius 1 is 1.13 bits per heavy atom. The second-order valence-corrected chi connectivity index (χ2v) is 11.2. The van der Waals surface area contributed by atoms with Gasteiger partial charge in [-0.2, -0.15) is 0 Å². The van der Waals surface area contributed by atoms with E-state index in [1.54, 1.807) is 44.2 Å².